The van der Waals surface area contributed by atoms with Crippen molar-refractivity contribution in [3.05, 3.63) is 6.92 Å². The molecular formula is C13H24O2. The summed E-state index contributed by atoms with van der Waals surface area (Å²) in [5.41, 5.74) is 0. The molecule has 0 aliphatic rings. The number of carbonyl (C=O) groups is 1. The zero-order valence-electron chi connectivity index (χ0n) is 9.80. The van der Waals surface area contributed by atoms with Crippen molar-refractivity contribution in [1.29, 1.82) is 0 Å². The van der Waals surface area contributed by atoms with Crippen molar-refractivity contribution in [1.82, 2.24) is 0 Å². The van der Waals surface area contributed by atoms with Crippen LogP contribution < -0.4 is 0 Å². The lowest BCUT2D eigenvalue weighted by molar-refractivity contribution is -0.143. The zero-order valence-corrected chi connectivity index (χ0v) is 9.80. The monoisotopic (exact) mass is 212 g/mol. The average molecular weight is 212 g/mol. The predicted octanol–water partition coefficient (Wildman–Crippen LogP) is 4.07. The van der Waals surface area contributed by atoms with E-state index in [1.165, 1.54) is 44.9 Å². The maximum atomic E-state index is 10.1. The fourth-order valence-corrected chi connectivity index (χ4v) is 1.68. The molecule has 88 valence electrons. The second-order valence-electron chi connectivity index (χ2n) is 4.16. The third kappa shape index (κ3) is 13.5. The van der Waals surface area contributed by atoms with Crippen molar-refractivity contribution >= 4 is 5.97 Å². The lowest BCUT2D eigenvalue weighted by Crippen LogP contribution is -1.91. The van der Waals surface area contributed by atoms with E-state index in [9.17, 15) is 9.90 Å². The third-order valence-electron chi connectivity index (χ3n) is 2.63. The molecule has 0 saturated heterocycles. The van der Waals surface area contributed by atoms with Crippen LogP contribution in [0.25, 0.3) is 0 Å². The zero-order chi connectivity index (χ0) is 11.4. The highest BCUT2D eigenvalue weighted by Gasteiger charge is 1.98. The Morgan fingerprint density at radius 1 is 0.733 bits per heavy atom. The summed E-state index contributed by atoms with van der Waals surface area (Å²) in [7, 11) is 0. The van der Waals surface area contributed by atoms with Gasteiger partial charge in [-0.2, -0.15) is 0 Å². The highest BCUT2D eigenvalue weighted by atomic mass is 16.4. The largest absolute Gasteiger partial charge is 0.355 e. The van der Waals surface area contributed by atoms with Gasteiger partial charge in [0.15, 0.2) is 0 Å². The standard InChI is InChI=1S/C13H24O2/c1-2-3-4-5-6-7-8-9-10-11-12-13(14)15/h1-12H2. The Kier molecular flexibility index (Phi) is 11.1. The number of hydrogen-bond donors (Lipinski definition) is 0. The van der Waals surface area contributed by atoms with Gasteiger partial charge in [-0.15, -0.1) is 0 Å². The Morgan fingerprint density at radius 2 is 1.13 bits per heavy atom. The summed E-state index contributed by atoms with van der Waals surface area (Å²) in [5.74, 6) is -0.914. The van der Waals surface area contributed by atoms with Gasteiger partial charge in [0.1, 0.15) is 0 Å². The molecule has 0 aromatic rings. The highest BCUT2D eigenvalue weighted by Crippen LogP contribution is 2.10. The molecule has 2 heteroatoms. The summed E-state index contributed by atoms with van der Waals surface area (Å²) in [6.45, 7) is 3.81. The van der Waals surface area contributed by atoms with E-state index in [1.54, 1.807) is 0 Å². The smallest absolute Gasteiger partial charge is 0.247 e. The summed E-state index contributed by atoms with van der Waals surface area (Å²) >= 11 is 0. The molecule has 0 aromatic carbocycles. The van der Waals surface area contributed by atoms with Gasteiger partial charge in [0.25, 0.3) is 0 Å². The fourth-order valence-electron chi connectivity index (χ4n) is 1.68. The minimum atomic E-state index is -0.914. The van der Waals surface area contributed by atoms with E-state index < -0.39 is 5.97 Å². The van der Waals surface area contributed by atoms with Crippen LogP contribution in [0.5, 0.6) is 0 Å². The summed E-state index contributed by atoms with van der Waals surface area (Å²) in [5, 5.41) is 10.1. The minimum absolute atomic E-state index is 0.226. The van der Waals surface area contributed by atoms with Crippen molar-refractivity contribution < 1.29 is 9.90 Å². The molecule has 0 saturated carbocycles. The predicted molar refractivity (Wildman–Crippen MR) is 61.8 cm³/mol. The number of hydrogen-bond acceptors (Lipinski definition) is 1. The van der Waals surface area contributed by atoms with E-state index >= 15 is 0 Å². The quantitative estimate of drug-likeness (QED) is 0.476. The molecule has 0 heterocycles. The van der Waals surface area contributed by atoms with Crippen LogP contribution in [0.2, 0.25) is 0 Å². The topological polar surface area (TPSA) is 37.0 Å². The van der Waals surface area contributed by atoms with Crippen LogP contribution >= 0.6 is 0 Å². The van der Waals surface area contributed by atoms with Crippen LogP contribution in [0.4, 0.5) is 0 Å². The van der Waals surface area contributed by atoms with Gasteiger partial charge in [-0.1, -0.05) is 64.7 Å². The van der Waals surface area contributed by atoms with Crippen molar-refractivity contribution in [2.24, 2.45) is 0 Å². The van der Waals surface area contributed by atoms with Crippen LogP contribution in [0.15, 0.2) is 0 Å². The molecule has 0 amide bonds. The van der Waals surface area contributed by atoms with Crippen molar-refractivity contribution in [3.63, 3.8) is 0 Å². The fraction of sp³-hybridized carbons (Fsp3) is 0.846. The average Bonchev–Trinajstić information content (AvgIpc) is 2.20. The Labute approximate surface area is 94.1 Å². The summed E-state index contributed by atoms with van der Waals surface area (Å²) in [6, 6.07) is 0. The van der Waals surface area contributed by atoms with Crippen LogP contribution in [0, 0.1) is 6.92 Å². The van der Waals surface area contributed by atoms with Gasteiger partial charge < -0.3 is 0 Å². The minimum Gasteiger partial charge on any atom is -0.247 e. The second kappa shape index (κ2) is 11.5. The van der Waals surface area contributed by atoms with Crippen molar-refractivity contribution in [3.8, 4) is 0 Å². The molecule has 0 bridgehead atoms. The first-order chi connectivity index (χ1) is 7.27. The van der Waals surface area contributed by atoms with Crippen molar-refractivity contribution in [2.75, 3.05) is 0 Å². The molecule has 0 aromatic heterocycles. The Hall–Kier alpha value is -0.530. The van der Waals surface area contributed by atoms with Crippen LogP contribution in [0.3, 0.4) is 0 Å². The molecule has 2 radical (unpaired) electrons. The molecule has 0 N–H and O–H groups in total. The molecule has 0 rings (SSSR count). The Morgan fingerprint density at radius 3 is 1.53 bits per heavy atom. The molecule has 2 nitrogen and oxygen atoms in total. The summed E-state index contributed by atoms with van der Waals surface area (Å²) in [4.78, 5) is 10.1. The SMILES string of the molecule is [CH2]CCCCCCCCCCCC([O])=O. The molecule has 0 fully saturated rings. The number of carbonyl (C=O) groups excluding carboxylic acids is 1. The summed E-state index contributed by atoms with van der Waals surface area (Å²) < 4.78 is 0. The first-order valence-electron chi connectivity index (χ1n) is 6.26. The van der Waals surface area contributed by atoms with Gasteiger partial charge in [0.2, 0.25) is 0 Å². The van der Waals surface area contributed by atoms with Gasteiger partial charge in [-0.05, 0) is 6.42 Å². The van der Waals surface area contributed by atoms with Crippen LogP contribution in [0.1, 0.15) is 70.6 Å². The van der Waals surface area contributed by atoms with Gasteiger partial charge in [-0.25, -0.2) is 9.90 Å². The van der Waals surface area contributed by atoms with E-state index in [0.717, 1.165) is 19.3 Å². The maximum Gasteiger partial charge on any atom is 0.355 e. The second-order valence-corrected chi connectivity index (χ2v) is 4.16. The molecule has 0 spiro atoms. The molecule has 0 unspecified atom stereocenters. The Bertz CT molecular complexity index is 143. The van der Waals surface area contributed by atoms with Gasteiger partial charge in [0, 0.05) is 0 Å². The van der Waals surface area contributed by atoms with E-state index in [0.29, 0.717) is 0 Å². The van der Waals surface area contributed by atoms with E-state index in [1.807, 2.05) is 0 Å². The van der Waals surface area contributed by atoms with E-state index in [2.05, 4.69) is 6.92 Å². The van der Waals surface area contributed by atoms with Crippen LogP contribution in [-0.4, -0.2) is 5.97 Å². The lowest BCUT2D eigenvalue weighted by Gasteiger charge is -2.00. The first-order valence-corrected chi connectivity index (χ1v) is 6.26. The van der Waals surface area contributed by atoms with Gasteiger partial charge in [0.05, 0.1) is 6.42 Å². The lowest BCUT2D eigenvalue weighted by atomic mass is 10.1. The highest BCUT2D eigenvalue weighted by molar-refractivity contribution is 5.66. The normalized spacial score (nSPS) is 10.5. The molecule has 0 atom stereocenters. The van der Waals surface area contributed by atoms with Gasteiger partial charge >= 0.3 is 5.97 Å². The summed E-state index contributed by atoms with van der Waals surface area (Å²) in [6.07, 6.45) is 12.0. The number of rotatable bonds is 11. The third-order valence-corrected chi connectivity index (χ3v) is 2.63. The van der Waals surface area contributed by atoms with Gasteiger partial charge in [-0.3, -0.25) is 0 Å². The first kappa shape index (κ1) is 14.5. The maximum absolute atomic E-state index is 10.1. The van der Waals surface area contributed by atoms with Crippen LogP contribution in [-0.2, 0) is 9.90 Å². The number of unbranched alkanes of at least 4 members (excludes halogenated alkanes) is 9. The van der Waals surface area contributed by atoms with Crippen molar-refractivity contribution in [2.45, 2.75) is 70.6 Å². The molecular weight excluding hydrogens is 188 g/mol. The van der Waals surface area contributed by atoms with E-state index in [4.69, 9.17) is 0 Å². The molecule has 0 aliphatic heterocycles. The Balaban J connectivity index is 2.89. The molecule has 0 aliphatic carbocycles. The molecule has 15 heavy (non-hydrogen) atoms. The van der Waals surface area contributed by atoms with E-state index in [-0.39, 0.29) is 6.42 Å².